The van der Waals surface area contributed by atoms with Gasteiger partial charge in [0, 0.05) is 13.7 Å². The van der Waals surface area contributed by atoms with Crippen molar-refractivity contribution in [2.45, 2.75) is 13.0 Å². The van der Waals surface area contributed by atoms with Gasteiger partial charge in [0.15, 0.2) is 18.1 Å². The minimum absolute atomic E-state index is 0.0788. The van der Waals surface area contributed by atoms with Gasteiger partial charge in [0.1, 0.15) is 0 Å². The third-order valence-corrected chi connectivity index (χ3v) is 3.73. The van der Waals surface area contributed by atoms with Crippen LogP contribution in [0.2, 0.25) is 0 Å². The number of ether oxygens (including phenoxy) is 3. The minimum Gasteiger partial charge on any atom is -0.493 e. The number of hydrogen-bond acceptors (Lipinski definition) is 4. The standard InChI is InChI=1S/C19H23NO4/c1-14-8-4-5-9-15(14)18(23-3)12-20-19(21)13-24-17-11-7-6-10-16(17)22-2/h4-11,18H,12-13H2,1-3H3,(H,20,21). The average Bonchev–Trinajstić information content (AvgIpc) is 2.62. The molecule has 0 saturated heterocycles. The normalized spacial score (nSPS) is 11.6. The maximum Gasteiger partial charge on any atom is 0.258 e. The number of benzene rings is 2. The number of carbonyl (C=O) groups is 1. The Morgan fingerprint density at radius 1 is 1.04 bits per heavy atom. The fraction of sp³-hybridized carbons (Fsp3) is 0.316. The molecule has 5 nitrogen and oxygen atoms in total. The van der Waals surface area contributed by atoms with Crippen LogP contribution in [-0.2, 0) is 9.53 Å². The first kappa shape index (κ1) is 17.8. The van der Waals surface area contributed by atoms with Crippen LogP contribution in [0.15, 0.2) is 48.5 Å². The summed E-state index contributed by atoms with van der Waals surface area (Å²) in [5.74, 6) is 0.925. The van der Waals surface area contributed by atoms with Crippen molar-refractivity contribution in [3.63, 3.8) is 0 Å². The van der Waals surface area contributed by atoms with Crippen LogP contribution in [0, 0.1) is 6.92 Å². The summed E-state index contributed by atoms with van der Waals surface area (Å²) in [5, 5.41) is 2.84. The maximum atomic E-state index is 12.0. The summed E-state index contributed by atoms with van der Waals surface area (Å²) in [6, 6.07) is 15.2. The largest absolute Gasteiger partial charge is 0.493 e. The van der Waals surface area contributed by atoms with Crippen molar-refractivity contribution in [2.24, 2.45) is 0 Å². The Morgan fingerprint density at radius 3 is 2.38 bits per heavy atom. The molecule has 0 fully saturated rings. The van der Waals surface area contributed by atoms with Crippen LogP contribution in [0.4, 0.5) is 0 Å². The quantitative estimate of drug-likeness (QED) is 0.809. The van der Waals surface area contributed by atoms with Gasteiger partial charge in [-0.3, -0.25) is 4.79 Å². The number of para-hydroxylation sites is 2. The molecule has 0 aliphatic rings. The molecule has 0 spiro atoms. The van der Waals surface area contributed by atoms with Crippen LogP contribution < -0.4 is 14.8 Å². The smallest absolute Gasteiger partial charge is 0.258 e. The molecule has 2 rings (SSSR count). The van der Waals surface area contributed by atoms with E-state index in [1.807, 2.05) is 43.3 Å². The maximum absolute atomic E-state index is 12.0. The summed E-state index contributed by atoms with van der Waals surface area (Å²) in [6.45, 7) is 2.33. The highest BCUT2D eigenvalue weighted by Crippen LogP contribution is 2.25. The fourth-order valence-corrected chi connectivity index (χ4v) is 2.41. The van der Waals surface area contributed by atoms with Crippen molar-refractivity contribution in [1.82, 2.24) is 5.32 Å². The zero-order chi connectivity index (χ0) is 17.4. The second-order valence-corrected chi connectivity index (χ2v) is 5.32. The molecule has 0 radical (unpaired) electrons. The van der Waals surface area contributed by atoms with E-state index in [0.717, 1.165) is 11.1 Å². The van der Waals surface area contributed by atoms with E-state index >= 15 is 0 Å². The molecule has 1 N–H and O–H groups in total. The Hall–Kier alpha value is -2.53. The second kappa shape index (κ2) is 8.93. The average molecular weight is 329 g/mol. The van der Waals surface area contributed by atoms with Gasteiger partial charge in [-0.05, 0) is 30.2 Å². The number of rotatable bonds is 8. The molecular formula is C19H23NO4. The molecule has 0 aliphatic carbocycles. The summed E-state index contributed by atoms with van der Waals surface area (Å²) in [6.07, 6.45) is -0.193. The molecule has 2 aromatic rings. The van der Waals surface area contributed by atoms with E-state index in [0.29, 0.717) is 18.0 Å². The van der Waals surface area contributed by atoms with Crippen molar-refractivity contribution in [2.75, 3.05) is 27.4 Å². The summed E-state index contributed by atoms with van der Waals surface area (Å²) in [7, 11) is 3.20. The molecule has 2 aromatic carbocycles. The van der Waals surface area contributed by atoms with Gasteiger partial charge in [0.2, 0.25) is 0 Å². The number of carbonyl (C=O) groups excluding carboxylic acids is 1. The monoisotopic (exact) mass is 329 g/mol. The van der Waals surface area contributed by atoms with Gasteiger partial charge in [0.05, 0.1) is 13.2 Å². The van der Waals surface area contributed by atoms with Crippen LogP contribution >= 0.6 is 0 Å². The van der Waals surface area contributed by atoms with E-state index < -0.39 is 0 Å². The number of amides is 1. The molecule has 0 heterocycles. The highest BCUT2D eigenvalue weighted by Gasteiger charge is 2.14. The van der Waals surface area contributed by atoms with E-state index in [2.05, 4.69) is 5.32 Å². The van der Waals surface area contributed by atoms with Gasteiger partial charge >= 0.3 is 0 Å². The van der Waals surface area contributed by atoms with Gasteiger partial charge in [-0.1, -0.05) is 36.4 Å². The van der Waals surface area contributed by atoms with Gasteiger partial charge in [-0.25, -0.2) is 0 Å². The van der Waals surface area contributed by atoms with Crippen LogP contribution in [-0.4, -0.2) is 33.3 Å². The molecule has 1 amide bonds. The topological polar surface area (TPSA) is 56.8 Å². The lowest BCUT2D eigenvalue weighted by atomic mass is 10.0. The van der Waals surface area contributed by atoms with E-state index in [1.165, 1.54) is 0 Å². The van der Waals surface area contributed by atoms with Crippen LogP contribution in [0.1, 0.15) is 17.2 Å². The molecular weight excluding hydrogens is 306 g/mol. The lowest BCUT2D eigenvalue weighted by Gasteiger charge is -2.18. The van der Waals surface area contributed by atoms with Gasteiger partial charge < -0.3 is 19.5 Å². The van der Waals surface area contributed by atoms with E-state index in [4.69, 9.17) is 14.2 Å². The molecule has 0 bridgehead atoms. The van der Waals surface area contributed by atoms with Crippen LogP contribution in [0.5, 0.6) is 11.5 Å². The van der Waals surface area contributed by atoms with E-state index in [-0.39, 0.29) is 18.6 Å². The summed E-state index contributed by atoms with van der Waals surface area (Å²) in [4.78, 5) is 12.0. The zero-order valence-electron chi connectivity index (χ0n) is 14.2. The predicted octanol–water partition coefficient (Wildman–Crippen LogP) is 2.89. The molecule has 0 saturated carbocycles. The van der Waals surface area contributed by atoms with Crippen molar-refractivity contribution in [3.05, 3.63) is 59.7 Å². The molecule has 0 aromatic heterocycles. The molecule has 24 heavy (non-hydrogen) atoms. The molecule has 128 valence electrons. The number of aryl methyl sites for hydroxylation is 1. The Balaban J connectivity index is 1.87. The minimum atomic E-state index is -0.212. The highest BCUT2D eigenvalue weighted by atomic mass is 16.5. The lowest BCUT2D eigenvalue weighted by Crippen LogP contribution is -2.33. The first-order valence-electron chi connectivity index (χ1n) is 7.76. The third kappa shape index (κ3) is 4.73. The van der Waals surface area contributed by atoms with Crippen molar-refractivity contribution >= 4 is 5.91 Å². The molecule has 1 atom stereocenters. The number of methoxy groups -OCH3 is 2. The fourth-order valence-electron chi connectivity index (χ4n) is 2.41. The van der Waals surface area contributed by atoms with E-state index in [9.17, 15) is 4.79 Å². The molecule has 1 unspecified atom stereocenters. The van der Waals surface area contributed by atoms with Gasteiger partial charge in [-0.2, -0.15) is 0 Å². The van der Waals surface area contributed by atoms with Gasteiger partial charge in [0.25, 0.3) is 5.91 Å². The second-order valence-electron chi connectivity index (χ2n) is 5.32. The number of nitrogens with one attached hydrogen (secondary N) is 1. The Morgan fingerprint density at radius 2 is 1.71 bits per heavy atom. The number of hydrogen-bond donors (Lipinski definition) is 1. The Labute approximate surface area is 142 Å². The Kier molecular flexibility index (Phi) is 6.63. The first-order chi connectivity index (χ1) is 11.7. The third-order valence-electron chi connectivity index (χ3n) is 3.73. The molecule has 0 aliphatic heterocycles. The van der Waals surface area contributed by atoms with Crippen LogP contribution in [0.3, 0.4) is 0 Å². The van der Waals surface area contributed by atoms with Gasteiger partial charge in [-0.15, -0.1) is 0 Å². The SMILES string of the molecule is COc1ccccc1OCC(=O)NCC(OC)c1ccccc1C. The first-order valence-corrected chi connectivity index (χ1v) is 7.76. The zero-order valence-corrected chi connectivity index (χ0v) is 14.2. The lowest BCUT2D eigenvalue weighted by molar-refractivity contribution is -0.123. The van der Waals surface area contributed by atoms with Crippen molar-refractivity contribution in [3.8, 4) is 11.5 Å². The van der Waals surface area contributed by atoms with Crippen LogP contribution in [0.25, 0.3) is 0 Å². The predicted molar refractivity (Wildman–Crippen MR) is 92.4 cm³/mol. The Bertz CT molecular complexity index is 672. The summed E-state index contributed by atoms with van der Waals surface area (Å²) >= 11 is 0. The van der Waals surface area contributed by atoms with Crippen molar-refractivity contribution < 1.29 is 19.0 Å². The van der Waals surface area contributed by atoms with Crippen molar-refractivity contribution in [1.29, 1.82) is 0 Å². The summed E-state index contributed by atoms with van der Waals surface area (Å²) in [5.41, 5.74) is 2.19. The molecule has 5 heteroatoms. The summed E-state index contributed by atoms with van der Waals surface area (Å²) < 4.78 is 16.2. The van der Waals surface area contributed by atoms with E-state index in [1.54, 1.807) is 26.4 Å². The highest BCUT2D eigenvalue weighted by molar-refractivity contribution is 5.77.